The number of aromatic nitrogens is 1. The zero-order valence-corrected chi connectivity index (χ0v) is 11.3. The van der Waals surface area contributed by atoms with Crippen LogP contribution in [0.5, 0.6) is 0 Å². The molecule has 1 heterocycles. The number of nitrogens with one attached hydrogen (secondary N) is 2. The topological polar surface area (TPSA) is 46.2 Å². The van der Waals surface area contributed by atoms with Crippen molar-refractivity contribution in [2.45, 2.75) is 13.5 Å². The van der Waals surface area contributed by atoms with Gasteiger partial charge >= 0.3 is 0 Å². The van der Waals surface area contributed by atoms with Crippen LogP contribution in [-0.2, 0) is 11.3 Å². The highest BCUT2D eigenvalue weighted by atomic mass is 79.9. The third-order valence-corrected chi connectivity index (χ3v) is 2.53. The van der Waals surface area contributed by atoms with Gasteiger partial charge in [0, 0.05) is 36.4 Å². The second-order valence-corrected chi connectivity index (χ2v) is 4.28. The largest absolute Gasteiger partial charge is 0.383 e. The molecule has 1 rings (SSSR count). The number of rotatable bonds is 7. The van der Waals surface area contributed by atoms with Crippen LogP contribution < -0.4 is 10.6 Å². The first-order valence-corrected chi connectivity index (χ1v) is 6.15. The van der Waals surface area contributed by atoms with Crippen molar-refractivity contribution >= 4 is 21.7 Å². The monoisotopic (exact) mass is 287 g/mol. The Morgan fingerprint density at radius 2 is 2.31 bits per heavy atom. The van der Waals surface area contributed by atoms with Crippen LogP contribution in [0.1, 0.15) is 12.5 Å². The fourth-order valence-corrected chi connectivity index (χ4v) is 1.68. The van der Waals surface area contributed by atoms with Crippen molar-refractivity contribution in [2.75, 3.05) is 32.1 Å². The van der Waals surface area contributed by atoms with Crippen LogP contribution in [-0.4, -0.2) is 31.8 Å². The van der Waals surface area contributed by atoms with E-state index in [9.17, 15) is 0 Å². The molecule has 90 valence electrons. The van der Waals surface area contributed by atoms with E-state index in [-0.39, 0.29) is 0 Å². The Kier molecular flexibility index (Phi) is 6.37. The highest BCUT2D eigenvalue weighted by molar-refractivity contribution is 9.10. The van der Waals surface area contributed by atoms with E-state index >= 15 is 0 Å². The van der Waals surface area contributed by atoms with Gasteiger partial charge in [0.1, 0.15) is 5.82 Å². The lowest BCUT2D eigenvalue weighted by atomic mass is 10.2. The number of nitrogens with zero attached hydrogens (tertiary/aromatic N) is 1. The summed E-state index contributed by atoms with van der Waals surface area (Å²) in [5, 5.41) is 6.54. The molecule has 0 radical (unpaired) electrons. The Balaban J connectivity index is 2.64. The second-order valence-electron chi connectivity index (χ2n) is 3.36. The van der Waals surface area contributed by atoms with E-state index in [2.05, 4.69) is 44.5 Å². The molecule has 16 heavy (non-hydrogen) atoms. The molecule has 0 saturated heterocycles. The number of ether oxygens (including phenoxy) is 1. The highest BCUT2D eigenvalue weighted by Crippen LogP contribution is 2.17. The predicted molar refractivity (Wildman–Crippen MR) is 69.7 cm³/mol. The van der Waals surface area contributed by atoms with Crippen molar-refractivity contribution in [2.24, 2.45) is 0 Å². The lowest BCUT2D eigenvalue weighted by Gasteiger charge is -2.11. The predicted octanol–water partition coefficient (Wildman–Crippen LogP) is 2.01. The number of hydrogen-bond donors (Lipinski definition) is 2. The van der Waals surface area contributed by atoms with Crippen LogP contribution >= 0.6 is 15.9 Å². The summed E-state index contributed by atoms with van der Waals surface area (Å²) in [5.41, 5.74) is 1.16. The molecule has 4 nitrogen and oxygen atoms in total. The fourth-order valence-electron chi connectivity index (χ4n) is 1.31. The normalized spacial score (nSPS) is 10.4. The summed E-state index contributed by atoms with van der Waals surface area (Å²) in [5.74, 6) is 0.918. The number of anilines is 1. The van der Waals surface area contributed by atoms with Gasteiger partial charge in [-0.15, -0.1) is 0 Å². The Morgan fingerprint density at radius 3 is 3.00 bits per heavy atom. The van der Waals surface area contributed by atoms with Crippen molar-refractivity contribution in [1.29, 1.82) is 0 Å². The number of halogens is 1. The first-order valence-electron chi connectivity index (χ1n) is 5.36. The molecular formula is C11H18BrN3O. The Labute approximate surface area is 105 Å². The third kappa shape index (κ3) is 4.47. The summed E-state index contributed by atoms with van der Waals surface area (Å²) in [4.78, 5) is 4.35. The van der Waals surface area contributed by atoms with Crippen LogP contribution in [0.15, 0.2) is 16.7 Å². The molecule has 0 unspecified atom stereocenters. The molecule has 2 N–H and O–H groups in total. The molecule has 0 spiro atoms. The smallest absolute Gasteiger partial charge is 0.130 e. The van der Waals surface area contributed by atoms with Gasteiger partial charge in [0.15, 0.2) is 0 Å². The zero-order chi connectivity index (χ0) is 11.8. The van der Waals surface area contributed by atoms with Crippen molar-refractivity contribution in [3.05, 3.63) is 22.3 Å². The van der Waals surface area contributed by atoms with Gasteiger partial charge in [-0.05, 0) is 28.5 Å². The second kappa shape index (κ2) is 7.60. The van der Waals surface area contributed by atoms with E-state index in [0.717, 1.165) is 35.5 Å². The summed E-state index contributed by atoms with van der Waals surface area (Å²) in [6, 6.07) is 2.07. The Morgan fingerprint density at radius 1 is 1.50 bits per heavy atom. The van der Waals surface area contributed by atoms with Gasteiger partial charge in [-0.25, -0.2) is 4.98 Å². The number of methoxy groups -OCH3 is 1. The Bertz CT molecular complexity index is 320. The average Bonchev–Trinajstić information content (AvgIpc) is 2.29. The molecule has 1 aromatic heterocycles. The summed E-state index contributed by atoms with van der Waals surface area (Å²) in [7, 11) is 1.69. The van der Waals surface area contributed by atoms with Crippen molar-refractivity contribution in [3.63, 3.8) is 0 Å². The number of hydrogen-bond acceptors (Lipinski definition) is 4. The fraction of sp³-hybridized carbons (Fsp3) is 0.545. The molecule has 0 aliphatic heterocycles. The highest BCUT2D eigenvalue weighted by Gasteiger charge is 2.03. The van der Waals surface area contributed by atoms with Crippen LogP contribution in [0.3, 0.4) is 0 Å². The van der Waals surface area contributed by atoms with Gasteiger partial charge in [0.2, 0.25) is 0 Å². The van der Waals surface area contributed by atoms with E-state index in [4.69, 9.17) is 4.74 Å². The number of pyridine rings is 1. The Hall–Kier alpha value is -0.650. The summed E-state index contributed by atoms with van der Waals surface area (Å²) in [6.07, 6.45) is 1.80. The standard InChI is InChI=1S/C11H18BrN3O/c1-3-13-7-9-6-10(12)8-15-11(9)14-4-5-16-2/h6,8,13H,3-5,7H2,1-2H3,(H,14,15). The summed E-state index contributed by atoms with van der Waals surface area (Å²) in [6.45, 7) is 5.30. The van der Waals surface area contributed by atoms with E-state index in [0.29, 0.717) is 6.61 Å². The molecule has 0 atom stereocenters. The quantitative estimate of drug-likeness (QED) is 0.753. The first-order chi connectivity index (χ1) is 7.77. The maximum atomic E-state index is 4.99. The zero-order valence-electron chi connectivity index (χ0n) is 9.72. The molecular weight excluding hydrogens is 270 g/mol. The third-order valence-electron chi connectivity index (χ3n) is 2.10. The summed E-state index contributed by atoms with van der Waals surface area (Å²) >= 11 is 3.43. The van der Waals surface area contributed by atoms with Crippen molar-refractivity contribution < 1.29 is 4.74 Å². The van der Waals surface area contributed by atoms with Gasteiger partial charge in [-0.2, -0.15) is 0 Å². The molecule has 0 aliphatic rings. The average molecular weight is 288 g/mol. The molecule has 0 aliphatic carbocycles. The molecule has 5 heteroatoms. The minimum Gasteiger partial charge on any atom is -0.383 e. The van der Waals surface area contributed by atoms with Crippen LogP contribution in [0.25, 0.3) is 0 Å². The minimum absolute atomic E-state index is 0.679. The van der Waals surface area contributed by atoms with E-state index in [1.807, 2.05) is 0 Å². The maximum Gasteiger partial charge on any atom is 0.130 e. The molecule has 0 saturated carbocycles. The van der Waals surface area contributed by atoms with Gasteiger partial charge in [-0.3, -0.25) is 0 Å². The van der Waals surface area contributed by atoms with E-state index < -0.39 is 0 Å². The lowest BCUT2D eigenvalue weighted by Crippen LogP contribution is -2.16. The SMILES string of the molecule is CCNCc1cc(Br)cnc1NCCOC. The van der Waals surface area contributed by atoms with Gasteiger partial charge in [-0.1, -0.05) is 6.92 Å². The van der Waals surface area contributed by atoms with Crippen molar-refractivity contribution in [1.82, 2.24) is 10.3 Å². The molecule has 0 aromatic carbocycles. The van der Waals surface area contributed by atoms with Crippen LogP contribution in [0, 0.1) is 0 Å². The molecule has 1 aromatic rings. The van der Waals surface area contributed by atoms with E-state index in [1.165, 1.54) is 0 Å². The first kappa shape index (κ1) is 13.4. The van der Waals surface area contributed by atoms with Crippen LogP contribution in [0.4, 0.5) is 5.82 Å². The lowest BCUT2D eigenvalue weighted by molar-refractivity contribution is 0.210. The minimum atomic E-state index is 0.679. The maximum absolute atomic E-state index is 4.99. The van der Waals surface area contributed by atoms with Gasteiger partial charge < -0.3 is 15.4 Å². The molecule has 0 fully saturated rings. The molecule has 0 bridgehead atoms. The van der Waals surface area contributed by atoms with Gasteiger partial charge in [0.05, 0.1) is 6.61 Å². The summed E-state index contributed by atoms with van der Waals surface area (Å²) < 4.78 is 5.99. The van der Waals surface area contributed by atoms with Crippen molar-refractivity contribution in [3.8, 4) is 0 Å². The van der Waals surface area contributed by atoms with Gasteiger partial charge in [0.25, 0.3) is 0 Å². The van der Waals surface area contributed by atoms with E-state index in [1.54, 1.807) is 13.3 Å². The molecule has 0 amide bonds. The van der Waals surface area contributed by atoms with Crippen LogP contribution in [0.2, 0.25) is 0 Å².